The van der Waals surface area contributed by atoms with Crippen molar-refractivity contribution in [1.29, 1.82) is 0 Å². The van der Waals surface area contributed by atoms with Gasteiger partial charge in [-0.2, -0.15) is 0 Å². The Morgan fingerprint density at radius 1 is 1.07 bits per heavy atom. The number of phenolic OH excluding ortho intramolecular Hbond substituents is 2. The standard InChI is InChI=1S/C21H18N2O4S/c1-12-18(20(26)27-2)19(14-5-9-16(25)10-6-14)23-17(11-28-21(23)22-12)13-3-7-15(24)8-4-13/h3-11,19,24-25H,1-2H3. The number of phenols is 2. The van der Waals surface area contributed by atoms with Gasteiger partial charge in [-0.25, -0.2) is 9.79 Å². The van der Waals surface area contributed by atoms with Crippen LogP contribution in [0.25, 0.3) is 5.70 Å². The van der Waals surface area contributed by atoms with Crippen LogP contribution in [0.2, 0.25) is 0 Å². The first-order valence-corrected chi connectivity index (χ1v) is 9.49. The maximum Gasteiger partial charge on any atom is 0.338 e. The van der Waals surface area contributed by atoms with E-state index in [-0.39, 0.29) is 11.5 Å². The zero-order valence-electron chi connectivity index (χ0n) is 15.3. The van der Waals surface area contributed by atoms with Gasteiger partial charge in [0.05, 0.1) is 30.1 Å². The van der Waals surface area contributed by atoms with Crippen molar-refractivity contribution in [2.45, 2.75) is 13.0 Å². The van der Waals surface area contributed by atoms with E-state index < -0.39 is 12.0 Å². The van der Waals surface area contributed by atoms with E-state index in [2.05, 4.69) is 4.99 Å². The van der Waals surface area contributed by atoms with Crippen LogP contribution >= 0.6 is 11.8 Å². The van der Waals surface area contributed by atoms with Crippen LogP contribution in [0.1, 0.15) is 24.1 Å². The molecule has 2 aromatic carbocycles. The van der Waals surface area contributed by atoms with E-state index in [1.165, 1.54) is 18.9 Å². The van der Waals surface area contributed by atoms with Crippen LogP contribution in [0.5, 0.6) is 11.5 Å². The van der Waals surface area contributed by atoms with Crippen molar-refractivity contribution in [3.8, 4) is 11.5 Å². The summed E-state index contributed by atoms with van der Waals surface area (Å²) in [5.74, 6) is -0.109. The fourth-order valence-electron chi connectivity index (χ4n) is 3.37. The van der Waals surface area contributed by atoms with Crippen molar-refractivity contribution in [2.24, 2.45) is 4.99 Å². The molecule has 1 atom stereocenters. The lowest BCUT2D eigenvalue weighted by atomic mass is 9.93. The highest BCUT2D eigenvalue weighted by Gasteiger charge is 2.40. The summed E-state index contributed by atoms with van der Waals surface area (Å²) < 4.78 is 5.04. The molecule has 0 radical (unpaired) electrons. The number of methoxy groups -OCH3 is 1. The van der Waals surface area contributed by atoms with Crippen LogP contribution in [-0.4, -0.2) is 33.4 Å². The number of nitrogens with zero attached hydrogens (tertiary/aromatic N) is 2. The first-order valence-electron chi connectivity index (χ1n) is 8.61. The van der Waals surface area contributed by atoms with Gasteiger partial charge in [0.15, 0.2) is 5.17 Å². The number of hydrogen-bond acceptors (Lipinski definition) is 7. The predicted octanol–water partition coefficient (Wildman–Crippen LogP) is 4.00. The molecule has 7 heteroatoms. The number of carbonyl (C=O) groups is 1. The summed E-state index contributed by atoms with van der Waals surface area (Å²) in [6, 6.07) is 13.2. The number of esters is 1. The molecule has 142 valence electrons. The highest BCUT2D eigenvalue weighted by molar-refractivity contribution is 8.16. The molecule has 6 nitrogen and oxygen atoms in total. The smallest absolute Gasteiger partial charge is 0.338 e. The van der Waals surface area contributed by atoms with Crippen LogP contribution in [0, 0.1) is 0 Å². The molecule has 0 aliphatic carbocycles. The van der Waals surface area contributed by atoms with E-state index in [4.69, 9.17) is 4.74 Å². The lowest BCUT2D eigenvalue weighted by Crippen LogP contribution is -2.36. The third-order valence-electron chi connectivity index (χ3n) is 4.70. The van der Waals surface area contributed by atoms with Crippen LogP contribution in [-0.2, 0) is 9.53 Å². The van der Waals surface area contributed by atoms with Gasteiger partial charge in [0, 0.05) is 5.41 Å². The molecule has 0 saturated heterocycles. The summed E-state index contributed by atoms with van der Waals surface area (Å²) in [7, 11) is 1.35. The molecule has 2 aliphatic heterocycles. The molecular weight excluding hydrogens is 376 g/mol. The van der Waals surface area contributed by atoms with Crippen LogP contribution in [0.4, 0.5) is 0 Å². The summed E-state index contributed by atoms with van der Waals surface area (Å²) in [6.45, 7) is 1.79. The maximum absolute atomic E-state index is 12.6. The molecule has 0 fully saturated rings. The third kappa shape index (κ3) is 3.03. The number of rotatable bonds is 3. The zero-order chi connectivity index (χ0) is 19.8. The van der Waals surface area contributed by atoms with Gasteiger partial charge in [-0.3, -0.25) is 0 Å². The molecule has 0 aromatic heterocycles. The fraction of sp³-hybridized carbons (Fsp3) is 0.143. The Morgan fingerprint density at radius 3 is 2.29 bits per heavy atom. The third-order valence-corrected chi connectivity index (χ3v) is 5.54. The first kappa shape index (κ1) is 18.2. The number of ether oxygens (including phenoxy) is 1. The molecule has 0 bridgehead atoms. The van der Waals surface area contributed by atoms with Crippen molar-refractivity contribution in [3.63, 3.8) is 0 Å². The van der Waals surface area contributed by atoms with Crippen molar-refractivity contribution < 1.29 is 19.7 Å². The van der Waals surface area contributed by atoms with Crippen LogP contribution in [0.3, 0.4) is 0 Å². The number of fused-ring (bicyclic) bond motifs is 1. The van der Waals surface area contributed by atoms with E-state index in [9.17, 15) is 15.0 Å². The minimum atomic E-state index is -0.449. The summed E-state index contributed by atoms with van der Waals surface area (Å²) >= 11 is 1.48. The second kappa shape index (κ2) is 7.09. The summed E-state index contributed by atoms with van der Waals surface area (Å²) in [5.41, 5.74) is 3.64. The topological polar surface area (TPSA) is 82.4 Å². The van der Waals surface area contributed by atoms with Gasteiger partial charge in [-0.1, -0.05) is 23.9 Å². The molecular formula is C21H18N2O4S. The fourth-order valence-corrected chi connectivity index (χ4v) is 4.34. The molecule has 0 spiro atoms. The largest absolute Gasteiger partial charge is 0.508 e. The molecule has 2 heterocycles. The van der Waals surface area contributed by atoms with Crippen molar-refractivity contribution in [1.82, 2.24) is 4.90 Å². The Morgan fingerprint density at radius 2 is 1.68 bits per heavy atom. The summed E-state index contributed by atoms with van der Waals surface area (Å²) in [5, 5.41) is 22.0. The highest BCUT2D eigenvalue weighted by Crippen LogP contribution is 2.47. The normalized spacial score (nSPS) is 18.5. The molecule has 4 rings (SSSR count). The number of thioether (sulfide) groups is 1. The quantitative estimate of drug-likeness (QED) is 0.766. The highest BCUT2D eigenvalue weighted by atomic mass is 32.2. The van der Waals surface area contributed by atoms with Crippen molar-refractivity contribution >= 4 is 28.6 Å². The van der Waals surface area contributed by atoms with Gasteiger partial charge in [0.1, 0.15) is 11.5 Å². The average molecular weight is 394 g/mol. The van der Waals surface area contributed by atoms with Gasteiger partial charge < -0.3 is 19.8 Å². The van der Waals surface area contributed by atoms with Gasteiger partial charge in [0.25, 0.3) is 0 Å². The Labute approximate surface area is 166 Å². The lowest BCUT2D eigenvalue weighted by Gasteiger charge is -2.36. The molecule has 2 N–H and O–H groups in total. The number of carbonyl (C=O) groups excluding carboxylic acids is 1. The second-order valence-electron chi connectivity index (χ2n) is 6.42. The number of allylic oxidation sites excluding steroid dienone is 1. The van der Waals surface area contributed by atoms with Gasteiger partial charge >= 0.3 is 5.97 Å². The molecule has 2 aliphatic rings. The van der Waals surface area contributed by atoms with E-state index in [0.717, 1.165) is 22.0 Å². The number of benzene rings is 2. The van der Waals surface area contributed by atoms with Gasteiger partial charge in [-0.05, 0) is 54.4 Å². The van der Waals surface area contributed by atoms with E-state index in [0.29, 0.717) is 11.3 Å². The molecule has 0 saturated carbocycles. The molecule has 2 aromatic rings. The Bertz CT molecular complexity index is 1020. The SMILES string of the molecule is COC(=O)C1=C(C)N=C2SC=C(c3ccc(O)cc3)N2C1c1ccc(O)cc1. The first-order chi connectivity index (χ1) is 13.5. The van der Waals surface area contributed by atoms with Crippen LogP contribution < -0.4 is 0 Å². The molecule has 1 unspecified atom stereocenters. The minimum Gasteiger partial charge on any atom is -0.508 e. The van der Waals surface area contributed by atoms with Crippen LogP contribution in [0.15, 0.2) is 70.2 Å². The number of amidine groups is 1. The number of aliphatic imine (C=N–C) groups is 1. The molecule has 28 heavy (non-hydrogen) atoms. The van der Waals surface area contributed by atoms with Crippen molar-refractivity contribution in [2.75, 3.05) is 7.11 Å². The average Bonchev–Trinajstić information content (AvgIpc) is 3.11. The minimum absolute atomic E-state index is 0.152. The second-order valence-corrected chi connectivity index (χ2v) is 7.25. The van der Waals surface area contributed by atoms with Crippen molar-refractivity contribution in [3.05, 3.63) is 76.3 Å². The van der Waals surface area contributed by atoms with E-state index in [1.54, 1.807) is 43.3 Å². The van der Waals surface area contributed by atoms with Gasteiger partial charge in [-0.15, -0.1) is 0 Å². The predicted molar refractivity (Wildman–Crippen MR) is 109 cm³/mol. The zero-order valence-corrected chi connectivity index (χ0v) is 16.1. The molecule has 0 amide bonds. The van der Waals surface area contributed by atoms with Gasteiger partial charge in [0.2, 0.25) is 0 Å². The summed E-state index contributed by atoms with van der Waals surface area (Å²) in [6.07, 6.45) is 0. The van der Waals surface area contributed by atoms with E-state index >= 15 is 0 Å². The van der Waals surface area contributed by atoms with E-state index in [1.807, 2.05) is 22.4 Å². The Hall–Kier alpha value is -3.19. The summed E-state index contributed by atoms with van der Waals surface area (Å²) in [4.78, 5) is 19.2. The Kier molecular flexibility index (Phi) is 4.60. The number of hydrogen-bond donors (Lipinski definition) is 2. The lowest BCUT2D eigenvalue weighted by molar-refractivity contribution is -0.136. The maximum atomic E-state index is 12.6. The Balaban J connectivity index is 1.86. The number of aromatic hydroxyl groups is 2. The monoisotopic (exact) mass is 394 g/mol.